The van der Waals surface area contributed by atoms with Crippen molar-refractivity contribution in [1.82, 2.24) is 10.3 Å². The van der Waals surface area contributed by atoms with E-state index in [1.807, 2.05) is 19.1 Å². The zero-order valence-corrected chi connectivity index (χ0v) is 12.4. The summed E-state index contributed by atoms with van der Waals surface area (Å²) in [5, 5.41) is 3.28. The standard InChI is InChI=1S/C18H17FN2O/c1-13-6-14(8-16(19)7-13)2-3-15-9-18(11-20-10-15)22-12-17-4-5-21-17/h6-11,17,21H,4-5,12H2,1H3/t17-/m0/s1. The molecule has 1 aromatic carbocycles. The van der Waals surface area contributed by atoms with Gasteiger partial charge in [-0.2, -0.15) is 0 Å². The summed E-state index contributed by atoms with van der Waals surface area (Å²) in [6.07, 6.45) is 4.50. The van der Waals surface area contributed by atoms with Gasteiger partial charge in [-0.05, 0) is 49.7 Å². The smallest absolute Gasteiger partial charge is 0.138 e. The van der Waals surface area contributed by atoms with E-state index < -0.39 is 0 Å². The molecule has 0 bridgehead atoms. The number of halogens is 1. The van der Waals surface area contributed by atoms with E-state index in [-0.39, 0.29) is 5.82 Å². The molecule has 1 aromatic heterocycles. The average Bonchev–Trinajstić information content (AvgIpc) is 2.43. The largest absolute Gasteiger partial charge is 0.490 e. The van der Waals surface area contributed by atoms with Crippen molar-refractivity contribution in [2.45, 2.75) is 19.4 Å². The van der Waals surface area contributed by atoms with Crippen molar-refractivity contribution < 1.29 is 9.13 Å². The minimum Gasteiger partial charge on any atom is -0.490 e. The van der Waals surface area contributed by atoms with Gasteiger partial charge in [0.15, 0.2) is 0 Å². The Hall–Kier alpha value is -2.38. The van der Waals surface area contributed by atoms with Crippen LogP contribution in [0.1, 0.15) is 23.1 Å². The number of hydrogen-bond acceptors (Lipinski definition) is 3. The van der Waals surface area contributed by atoms with Crippen LogP contribution >= 0.6 is 0 Å². The van der Waals surface area contributed by atoms with Crippen molar-refractivity contribution in [3.63, 3.8) is 0 Å². The van der Waals surface area contributed by atoms with Crippen molar-refractivity contribution in [3.05, 3.63) is 59.2 Å². The van der Waals surface area contributed by atoms with Gasteiger partial charge in [0.1, 0.15) is 18.2 Å². The highest BCUT2D eigenvalue weighted by Gasteiger charge is 2.16. The highest BCUT2D eigenvalue weighted by Crippen LogP contribution is 2.13. The lowest BCUT2D eigenvalue weighted by Crippen LogP contribution is -2.46. The summed E-state index contributed by atoms with van der Waals surface area (Å²) in [6.45, 7) is 3.55. The molecule has 3 nitrogen and oxygen atoms in total. The summed E-state index contributed by atoms with van der Waals surface area (Å²) in [5.41, 5.74) is 2.26. The Balaban J connectivity index is 1.70. The first-order valence-corrected chi connectivity index (χ1v) is 7.29. The van der Waals surface area contributed by atoms with Crippen molar-refractivity contribution in [1.29, 1.82) is 0 Å². The Morgan fingerprint density at radius 1 is 1.23 bits per heavy atom. The van der Waals surface area contributed by atoms with Gasteiger partial charge in [0, 0.05) is 23.4 Å². The van der Waals surface area contributed by atoms with Gasteiger partial charge >= 0.3 is 0 Å². The topological polar surface area (TPSA) is 34.1 Å². The van der Waals surface area contributed by atoms with E-state index in [2.05, 4.69) is 22.1 Å². The van der Waals surface area contributed by atoms with Crippen molar-refractivity contribution in [2.75, 3.05) is 13.2 Å². The molecule has 2 heterocycles. The van der Waals surface area contributed by atoms with E-state index in [1.54, 1.807) is 12.4 Å². The number of benzene rings is 1. The molecule has 1 aliphatic rings. The zero-order valence-electron chi connectivity index (χ0n) is 12.4. The monoisotopic (exact) mass is 296 g/mol. The van der Waals surface area contributed by atoms with E-state index in [4.69, 9.17) is 4.74 Å². The lowest BCUT2D eigenvalue weighted by molar-refractivity contribution is 0.217. The minimum atomic E-state index is -0.271. The second-order valence-corrected chi connectivity index (χ2v) is 5.43. The van der Waals surface area contributed by atoms with Crippen LogP contribution < -0.4 is 10.1 Å². The van der Waals surface area contributed by atoms with Crippen LogP contribution in [0.3, 0.4) is 0 Å². The number of hydrogen-bond donors (Lipinski definition) is 1. The fraction of sp³-hybridized carbons (Fsp3) is 0.278. The summed E-state index contributed by atoms with van der Waals surface area (Å²) in [6, 6.07) is 7.05. The third kappa shape index (κ3) is 3.84. The molecule has 0 radical (unpaired) electrons. The molecule has 1 fully saturated rings. The Morgan fingerprint density at radius 2 is 2.05 bits per heavy atom. The van der Waals surface area contributed by atoms with Gasteiger partial charge in [-0.3, -0.25) is 4.98 Å². The molecule has 1 aliphatic heterocycles. The van der Waals surface area contributed by atoms with E-state index in [0.717, 1.165) is 24.1 Å². The molecular weight excluding hydrogens is 279 g/mol. The molecule has 0 amide bonds. The molecule has 2 aromatic rings. The van der Waals surface area contributed by atoms with Crippen LogP contribution in [-0.2, 0) is 0 Å². The minimum absolute atomic E-state index is 0.271. The fourth-order valence-corrected chi connectivity index (χ4v) is 2.21. The fourth-order valence-electron chi connectivity index (χ4n) is 2.21. The lowest BCUT2D eigenvalue weighted by Gasteiger charge is -2.27. The van der Waals surface area contributed by atoms with E-state index in [0.29, 0.717) is 24.0 Å². The molecular formula is C18H17FN2O. The second kappa shape index (κ2) is 6.59. The van der Waals surface area contributed by atoms with Crippen LogP contribution in [-0.4, -0.2) is 24.2 Å². The first-order chi connectivity index (χ1) is 10.7. The van der Waals surface area contributed by atoms with Crippen LogP contribution in [0.4, 0.5) is 4.39 Å². The highest BCUT2D eigenvalue weighted by molar-refractivity contribution is 5.44. The second-order valence-electron chi connectivity index (χ2n) is 5.43. The zero-order chi connectivity index (χ0) is 15.4. The number of aryl methyl sites for hydroxylation is 1. The van der Waals surface area contributed by atoms with Crippen LogP contribution in [0, 0.1) is 24.6 Å². The summed E-state index contributed by atoms with van der Waals surface area (Å²) in [4.78, 5) is 4.13. The molecule has 1 N–H and O–H groups in total. The van der Waals surface area contributed by atoms with Gasteiger partial charge in [-0.15, -0.1) is 0 Å². The van der Waals surface area contributed by atoms with Gasteiger partial charge in [-0.1, -0.05) is 11.8 Å². The lowest BCUT2D eigenvalue weighted by atomic mass is 10.1. The van der Waals surface area contributed by atoms with E-state index in [1.165, 1.54) is 12.1 Å². The van der Waals surface area contributed by atoms with Gasteiger partial charge in [0.2, 0.25) is 0 Å². The molecule has 1 atom stereocenters. The first-order valence-electron chi connectivity index (χ1n) is 7.29. The maximum atomic E-state index is 13.3. The Labute approximate surface area is 129 Å². The predicted octanol–water partition coefficient (Wildman–Crippen LogP) is 2.67. The molecule has 112 valence electrons. The Morgan fingerprint density at radius 3 is 2.77 bits per heavy atom. The van der Waals surface area contributed by atoms with Crippen molar-refractivity contribution in [2.24, 2.45) is 0 Å². The summed E-state index contributed by atoms with van der Waals surface area (Å²) < 4.78 is 19.0. The third-order valence-electron chi connectivity index (χ3n) is 3.48. The van der Waals surface area contributed by atoms with Gasteiger partial charge in [0.05, 0.1) is 6.20 Å². The molecule has 1 saturated heterocycles. The molecule has 22 heavy (non-hydrogen) atoms. The summed E-state index contributed by atoms with van der Waals surface area (Å²) in [7, 11) is 0. The highest BCUT2D eigenvalue weighted by atomic mass is 19.1. The number of aromatic nitrogens is 1. The van der Waals surface area contributed by atoms with E-state index in [9.17, 15) is 4.39 Å². The molecule has 0 saturated carbocycles. The van der Waals surface area contributed by atoms with Crippen LogP contribution in [0.25, 0.3) is 0 Å². The Bertz CT molecular complexity index is 709. The number of nitrogens with zero attached hydrogens (tertiary/aromatic N) is 1. The molecule has 0 spiro atoms. The average molecular weight is 296 g/mol. The third-order valence-corrected chi connectivity index (χ3v) is 3.48. The Kier molecular flexibility index (Phi) is 4.36. The van der Waals surface area contributed by atoms with E-state index >= 15 is 0 Å². The number of ether oxygens (including phenoxy) is 1. The molecule has 0 aliphatic carbocycles. The number of rotatable bonds is 3. The first kappa shape index (κ1) is 14.6. The van der Waals surface area contributed by atoms with Gasteiger partial charge in [-0.25, -0.2) is 4.39 Å². The molecule has 3 rings (SSSR count). The normalized spacial score (nSPS) is 16.4. The summed E-state index contributed by atoms with van der Waals surface area (Å²) in [5.74, 6) is 6.39. The maximum Gasteiger partial charge on any atom is 0.138 e. The summed E-state index contributed by atoms with van der Waals surface area (Å²) >= 11 is 0. The SMILES string of the molecule is Cc1cc(F)cc(C#Cc2cncc(OC[C@@H]3CCN3)c2)c1. The van der Waals surface area contributed by atoms with Crippen molar-refractivity contribution in [3.8, 4) is 17.6 Å². The van der Waals surface area contributed by atoms with Crippen LogP contribution in [0.2, 0.25) is 0 Å². The van der Waals surface area contributed by atoms with Crippen molar-refractivity contribution >= 4 is 0 Å². The number of pyridine rings is 1. The molecule has 4 heteroatoms. The van der Waals surface area contributed by atoms with Gasteiger partial charge in [0.25, 0.3) is 0 Å². The number of nitrogens with one attached hydrogen (secondary N) is 1. The quantitative estimate of drug-likeness (QED) is 0.884. The predicted molar refractivity (Wildman–Crippen MR) is 83.3 cm³/mol. The maximum absolute atomic E-state index is 13.3. The van der Waals surface area contributed by atoms with Gasteiger partial charge < -0.3 is 10.1 Å². The van der Waals surface area contributed by atoms with Crippen LogP contribution in [0.15, 0.2) is 36.7 Å². The molecule has 0 unspecified atom stereocenters. The van der Waals surface area contributed by atoms with Crippen LogP contribution in [0.5, 0.6) is 5.75 Å².